The molecule has 2 aliphatic rings. The maximum Gasteiger partial charge on any atom is 0.325 e. The van der Waals surface area contributed by atoms with E-state index < -0.39 is 42.8 Å². The molecule has 19 heavy (non-hydrogen) atoms. The van der Waals surface area contributed by atoms with E-state index in [1.165, 1.54) is 6.92 Å². The summed E-state index contributed by atoms with van der Waals surface area (Å²) in [6.45, 7) is 0.573. The van der Waals surface area contributed by atoms with Crippen LogP contribution in [0.25, 0.3) is 0 Å². The van der Waals surface area contributed by atoms with Crippen LogP contribution in [0.4, 0.5) is 4.79 Å². The van der Waals surface area contributed by atoms with Gasteiger partial charge in [-0.1, -0.05) is 0 Å². The van der Waals surface area contributed by atoms with E-state index in [0.29, 0.717) is 0 Å². The van der Waals surface area contributed by atoms with Gasteiger partial charge in [-0.2, -0.15) is 0 Å². The fraction of sp³-hybridized carbons (Fsp3) is 0.800. The first-order valence-corrected chi connectivity index (χ1v) is 5.79. The number of aliphatic hydroxyl groups is 4. The Labute approximate surface area is 108 Å². The largest absolute Gasteiger partial charge is 0.394 e. The molecule has 2 fully saturated rings. The fourth-order valence-electron chi connectivity index (χ4n) is 2.14. The molecule has 0 bridgehead atoms. The highest BCUT2D eigenvalue weighted by Gasteiger charge is 2.50. The first-order chi connectivity index (χ1) is 8.77. The number of aliphatic hydroxyl groups excluding tert-OH is 3. The van der Waals surface area contributed by atoms with Crippen molar-refractivity contribution < 1.29 is 30.0 Å². The summed E-state index contributed by atoms with van der Waals surface area (Å²) in [5.41, 5.74) is -1.60. The average Bonchev–Trinajstić information content (AvgIpc) is 2.61. The smallest absolute Gasteiger partial charge is 0.325 e. The second-order valence-electron chi connectivity index (χ2n) is 4.94. The summed E-state index contributed by atoms with van der Waals surface area (Å²) in [6, 6.07) is -0.716. The Morgan fingerprint density at radius 3 is 2.68 bits per heavy atom. The van der Waals surface area contributed by atoms with Crippen molar-refractivity contribution in [3.8, 4) is 0 Å². The zero-order valence-corrected chi connectivity index (χ0v) is 10.3. The third kappa shape index (κ3) is 2.30. The van der Waals surface area contributed by atoms with Crippen LogP contribution in [0, 0.1) is 5.41 Å². The number of urea groups is 1. The zero-order chi connectivity index (χ0) is 14.4. The number of ether oxygens (including phenoxy) is 1. The SMILES string of the molecule is CC1(O)CN([C@@H]2O[C@H](CO)[C@@H](O)[C@H]2O)C(=O)NC1=N. The van der Waals surface area contributed by atoms with Gasteiger partial charge >= 0.3 is 6.03 Å². The van der Waals surface area contributed by atoms with Crippen molar-refractivity contribution in [3.05, 3.63) is 0 Å². The Balaban J connectivity index is 2.18. The standard InChI is InChI=1S/C10H17N3O6/c1-10(18)3-13(9(17)12-8(10)11)7-6(16)5(15)4(2-14)19-7/h4-7,14-16,18H,2-3H2,1H3,(H2,11,12,17)/t4-,5-,6-,7-,10?/m1/s1. The van der Waals surface area contributed by atoms with E-state index in [9.17, 15) is 20.1 Å². The van der Waals surface area contributed by atoms with Crippen molar-refractivity contribution in [2.45, 2.75) is 37.1 Å². The molecule has 0 radical (unpaired) electrons. The number of amides is 2. The lowest BCUT2D eigenvalue weighted by Crippen LogP contribution is -2.66. The topological polar surface area (TPSA) is 146 Å². The average molecular weight is 275 g/mol. The molecule has 6 N–H and O–H groups in total. The van der Waals surface area contributed by atoms with E-state index in [1.54, 1.807) is 0 Å². The van der Waals surface area contributed by atoms with Gasteiger partial charge in [0.25, 0.3) is 0 Å². The molecule has 2 aliphatic heterocycles. The minimum absolute atomic E-state index is 0.260. The van der Waals surface area contributed by atoms with E-state index in [0.717, 1.165) is 4.90 Å². The van der Waals surface area contributed by atoms with Crippen LogP contribution in [0.15, 0.2) is 0 Å². The van der Waals surface area contributed by atoms with Gasteiger partial charge in [0.1, 0.15) is 29.7 Å². The Hall–Kier alpha value is -1.26. The number of hydrogen-bond donors (Lipinski definition) is 6. The number of carbonyl (C=O) groups excluding carboxylic acids is 1. The van der Waals surface area contributed by atoms with Crippen LogP contribution in [0.2, 0.25) is 0 Å². The molecule has 0 aromatic carbocycles. The highest BCUT2D eigenvalue weighted by Crippen LogP contribution is 2.27. The second-order valence-corrected chi connectivity index (χ2v) is 4.94. The predicted molar refractivity (Wildman–Crippen MR) is 61.3 cm³/mol. The second kappa shape index (κ2) is 4.69. The normalized spacial score (nSPS) is 43.5. The van der Waals surface area contributed by atoms with Crippen molar-refractivity contribution in [2.24, 2.45) is 0 Å². The summed E-state index contributed by atoms with van der Waals surface area (Å²) in [5.74, 6) is -0.347. The molecule has 2 amide bonds. The highest BCUT2D eigenvalue weighted by molar-refractivity contribution is 6.02. The van der Waals surface area contributed by atoms with Gasteiger partial charge in [0.05, 0.1) is 13.2 Å². The molecule has 5 atom stereocenters. The fourth-order valence-corrected chi connectivity index (χ4v) is 2.14. The number of amidine groups is 1. The molecule has 0 aromatic heterocycles. The molecule has 9 heteroatoms. The van der Waals surface area contributed by atoms with Gasteiger partial charge in [-0.15, -0.1) is 0 Å². The maximum absolute atomic E-state index is 11.8. The summed E-state index contributed by atoms with van der Waals surface area (Å²) in [4.78, 5) is 12.7. The van der Waals surface area contributed by atoms with Crippen molar-refractivity contribution in [2.75, 3.05) is 13.2 Å². The minimum Gasteiger partial charge on any atom is -0.394 e. The first kappa shape index (κ1) is 14.2. The molecule has 0 aromatic rings. The summed E-state index contributed by atoms with van der Waals surface area (Å²) < 4.78 is 5.21. The van der Waals surface area contributed by atoms with E-state index >= 15 is 0 Å². The number of rotatable bonds is 2. The van der Waals surface area contributed by atoms with Gasteiger partial charge < -0.3 is 25.2 Å². The number of nitrogens with zero attached hydrogens (tertiary/aromatic N) is 1. The number of β-amino-alcohol motifs (C(OH)–C–C–N with tert-alkyl or cyclic N) is 1. The van der Waals surface area contributed by atoms with Crippen molar-refractivity contribution >= 4 is 11.9 Å². The van der Waals surface area contributed by atoms with Gasteiger partial charge in [0, 0.05) is 0 Å². The zero-order valence-electron chi connectivity index (χ0n) is 10.3. The lowest BCUT2D eigenvalue weighted by molar-refractivity contribution is -0.0945. The van der Waals surface area contributed by atoms with Gasteiger partial charge in [0.2, 0.25) is 0 Å². The van der Waals surface area contributed by atoms with Crippen molar-refractivity contribution in [1.29, 1.82) is 5.41 Å². The molecule has 2 rings (SSSR count). The third-order valence-corrected chi connectivity index (χ3v) is 3.33. The molecule has 2 heterocycles. The number of hydrogen-bond acceptors (Lipinski definition) is 7. The Morgan fingerprint density at radius 1 is 1.53 bits per heavy atom. The van der Waals surface area contributed by atoms with Crippen molar-refractivity contribution in [1.82, 2.24) is 10.2 Å². The van der Waals surface area contributed by atoms with E-state index in [-0.39, 0.29) is 12.4 Å². The molecule has 2 saturated heterocycles. The highest BCUT2D eigenvalue weighted by atomic mass is 16.6. The number of carbonyl (C=O) groups is 1. The monoisotopic (exact) mass is 275 g/mol. The number of nitrogens with one attached hydrogen (secondary N) is 2. The molecule has 0 aliphatic carbocycles. The van der Waals surface area contributed by atoms with E-state index in [1.807, 2.05) is 0 Å². The Morgan fingerprint density at radius 2 is 2.16 bits per heavy atom. The Kier molecular flexibility index (Phi) is 3.49. The van der Waals surface area contributed by atoms with Crippen LogP contribution in [-0.2, 0) is 4.74 Å². The van der Waals surface area contributed by atoms with E-state index in [2.05, 4.69) is 5.32 Å². The molecule has 9 nitrogen and oxygen atoms in total. The lowest BCUT2D eigenvalue weighted by Gasteiger charge is -2.40. The van der Waals surface area contributed by atoms with Crippen LogP contribution in [0.5, 0.6) is 0 Å². The predicted octanol–water partition coefficient (Wildman–Crippen LogP) is -2.82. The Bertz CT molecular complexity index is 401. The molecular weight excluding hydrogens is 258 g/mol. The maximum atomic E-state index is 11.8. The summed E-state index contributed by atoms with van der Waals surface area (Å²) in [5, 5.41) is 48.0. The van der Waals surface area contributed by atoms with Crippen LogP contribution in [-0.4, -0.2) is 80.5 Å². The summed E-state index contributed by atoms with van der Waals surface area (Å²) in [6.07, 6.45) is -4.91. The third-order valence-electron chi connectivity index (χ3n) is 3.33. The minimum atomic E-state index is -1.60. The first-order valence-electron chi connectivity index (χ1n) is 5.79. The summed E-state index contributed by atoms with van der Waals surface area (Å²) in [7, 11) is 0. The van der Waals surface area contributed by atoms with Gasteiger partial charge in [-0.3, -0.25) is 15.6 Å². The molecule has 0 spiro atoms. The van der Waals surface area contributed by atoms with Crippen molar-refractivity contribution in [3.63, 3.8) is 0 Å². The van der Waals surface area contributed by atoms with Gasteiger partial charge in [-0.25, -0.2) is 4.79 Å². The van der Waals surface area contributed by atoms with Gasteiger partial charge in [-0.05, 0) is 6.92 Å². The summed E-state index contributed by atoms with van der Waals surface area (Å²) >= 11 is 0. The molecule has 108 valence electrons. The lowest BCUT2D eigenvalue weighted by atomic mass is 10.0. The van der Waals surface area contributed by atoms with Crippen LogP contribution >= 0.6 is 0 Å². The van der Waals surface area contributed by atoms with Crippen LogP contribution in [0.1, 0.15) is 6.92 Å². The van der Waals surface area contributed by atoms with E-state index in [4.69, 9.17) is 15.3 Å². The molecular formula is C10H17N3O6. The van der Waals surface area contributed by atoms with Gasteiger partial charge in [0.15, 0.2) is 6.23 Å². The van der Waals surface area contributed by atoms with Crippen LogP contribution < -0.4 is 5.32 Å². The quantitative estimate of drug-likeness (QED) is 0.320. The molecule has 1 unspecified atom stereocenters. The molecule has 0 saturated carbocycles. The van der Waals surface area contributed by atoms with Crippen LogP contribution in [0.3, 0.4) is 0 Å².